The molecule has 0 aromatic heterocycles. The molecule has 6 aliphatic rings. The average molecular weight is 1380 g/mol. The molecule has 0 spiro atoms. The fourth-order valence-corrected chi connectivity index (χ4v) is 20.4. The van der Waals surface area contributed by atoms with Gasteiger partial charge in [-0.1, -0.05) is 37.3 Å². The minimum absolute atomic E-state index is 0.000753. The highest BCUT2D eigenvalue weighted by Crippen LogP contribution is 2.53. The predicted octanol–water partition coefficient (Wildman–Crippen LogP) is 7.24. The standard InChI is InChI=1S/C31H51N2O8PS2.C26H47NO13P2S2/c1-4-24-29-30(21(2)39-24)44-20-23(13-15-32-3)14-16-33-27(34)12-8-9-17-43-31-25(18-22-10-6-5-7-11-22)40-26(28(31)35)19-38-42(36,37)41-29;1-16(29)7-8-19-9-10-22(30)27-11-5-6-12-43-25-17(2)37-20(13-28)23(25)40-42(33,34)36-14-21-24(39-41(31,32)35-4)26(44-15-19)18(3)38-21/h5-7,10-11,21,23-26,28-32,35H,4,8-9,12-20H2,1-3H3,(H,33,34)(H,36,37);17-21,23-26,28H,5-15H2,1-4H3,(H,27,30)(H,31,32)(H,33,34)/t21-,23?,24+,25-,26+,28?,29?,30+,31+;17-,18-,19?,20+,21+,23?,24?,25+,26+/m00/s1. The molecule has 6 saturated heterocycles. The van der Waals surface area contributed by atoms with Gasteiger partial charge in [0.25, 0.3) is 0 Å². The lowest BCUT2D eigenvalue weighted by atomic mass is 9.98. The Morgan fingerprint density at radius 3 is 1.97 bits per heavy atom. The summed E-state index contributed by atoms with van der Waals surface area (Å²) in [4.78, 5) is 68.6. The van der Waals surface area contributed by atoms with E-state index in [1.165, 1.54) is 30.4 Å². The van der Waals surface area contributed by atoms with Gasteiger partial charge in [-0.15, -0.1) is 0 Å². The zero-order valence-corrected chi connectivity index (χ0v) is 57.7. The molecule has 8 N–H and O–H groups in total. The van der Waals surface area contributed by atoms with E-state index in [1.54, 1.807) is 37.4 Å². The third-order valence-electron chi connectivity index (χ3n) is 16.4. The lowest BCUT2D eigenvalue weighted by Crippen LogP contribution is -2.36. The highest BCUT2D eigenvalue weighted by atomic mass is 32.2. The molecule has 6 fully saturated rings. The number of aliphatic hydroxyl groups is 2. The lowest BCUT2D eigenvalue weighted by molar-refractivity contribution is -0.122. The second-order valence-corrected chi connectivity index (χ2v) is 32.7. The number of Topliss-reactive ketones (excluding diaryl/α,β-unsaturated/α-hetero) is 1. The van der Waals surface area contributed by atoms with Gasteiger partial charge in [-0.05, 0) is 146 Å². The average Bonchev–Trinajstić information content (AvgIpc) is 2.20. The van der Waals surface area contributed by atoms with Crippen LogP contribution < -0.4 is 16.0 Å². The lowest BCUT2D eigenvalue weighted by Gasteiger charge is -2.27. The van der Waals surface area contributed by atoms with E-state index >= 15 is 0 Å². The van der Waals surface area contributed by atoms with Crippen LogP contribution in [0, 0.1) is 11.8 Å². The number of aliphatic hydroxyl groups excluding tert-OH is 2. The monoisotopic (exact) mass is 1380 g/mol. The number of thioether (sulfide) groups is 4. The van der Waals surface area contributed by atoms with Gasteiger partial charge in [-0.3, -0.25) is 36.7 Å². The van der Waals surface area contributed by atoms with Crippen molar-refractivity contribution in [3.8, 4) is 0 Å². The number of amides is 2. The van der Waals surface area contributed by atoms with Gasteiger partial charge >= 0.3 is 23.5 Å². The number of ketones is 1. The maximum atomic E-state index is 13.3. The van der Waals surface area contributed by atoms with Crippen LogP contribution in [-0.2, 0) is 80.6 Å². The van der Waals surface area contributed by atoms with Gasteiger partial charge in [0.2, 0.25) is 11.8 Å². The minimum atomic E-state index is -4.72. The molecule has 6 heterocycles. The molecule has 1 aromatic carbocycles. The molecule has 21 atom stereocenters. The first-order valence-electron chi connectivity index (χ1n) is 30.9. The Kier molecular flexibility index (Phi) is 33.1. The number of carbonyl (C=O) groups is 3. The number of ether oxygens (including phenoxy) is 4. The van der Waals surface area contributed by atoms with Crippen LogP contribution in [0.25, 0.3) is 0 Å². The van der Waals surface area contributed by atoms with Crippen molar-refractivity contribution in [2.75, 3.05) is 76.6 Å². The summed E-state index contributed by atoms with van der Waals surface area (Å²) in [5.74, 6) is 3.15. The Labute approximate surface area is 536 Å². The van der Waals surface area contributed by atoms with Gasteiger partial charge < -0.3 is 64.6 Å². The quantitative estimate of drug-likeness (QED) is 0.0902. The molecule has 31 heteroatoms. The largest absolute Gasteiger partial charge is 0.472 e. The molecule has 0 radical (unpaired) electrons. The van der Waals surface area contributed by atoms with Crippen molar-refractivity contribution in [3.05, 3.63) is 35.9 Å². The van der Waals surface area contributed by atoms with Gasteiger partial charge in [-0.25, -0.2) is 13.7 Å². The van der Waals surface area contributed by atoms with Crippen LogP contribution in [0.5, 0.6) is 0 Å². The molecule has 88 heavy (non-hydrogen) atoms. The van der Waals surface area contributed by atoms with Crippen molar-refractivity contribution >= 4 is 88.1 Å². The maximum absolute atomic E-state index is 13.3. The summed E-state index contributed by atoms with van der Waals surface area (Å²) in [5, 5.41) is 29.1. The summed E-state index contributed by atoms with van der Waals surface area (Å²) in [6.45, 7) is 9.82. The molecule has 1 aromatic rings. The van der Waals surface area contributed by atoms with Crippen molar-refractivity contribution in [1.82, 2.24) is 16.0 Å². The highest BCUT2D eigenvalue weighted by molar-refractivity contribution is 8.00. The maximum Gasteiger partial charge on any atom is 0.472 e. The summed E-state index contributed by atoms with van der Waals surface area (Å²) in [7, 11) is -10.8. The molecular formula is C57H98N3O21P3S4. The van der Waals surface area contributed by atoms with Crippen molar-refractivity contribution in [2.45, 2.75) is 212 Å². The topological polar surface area (TPSA) is 332 Å². The smallest absolute Gasteiger partial charge is 0.394 e. The van der Waals surface area contributed by atoms with Crippen molar-refractivity contribution < 1.29 is 99.1 Å². The second-order valence-electron chi connectivity index (χ2n) is 23.3. The molecule has 6 aliphatic heterocycles. The van der Waals surface area contributed by atoms with Crippen LogP contribution in [0.2, 0.25) is 0 Å². The number of phosphoric acid groups is 3. The fraction of sp³-hybridized carbons (Fsp3) is 0.842. The molecule has 0 aliphatic carbocycles. The van der Waals surface area contributed by atoms with Crippen LogP contribution in [-0.4, -0.2) is 213 Å². The van der Waals surface area contributed by atoms with Gasteiger partial charge in [0, 0.05) is 39.5 Å². The first-order chi connectivity index (χ1) is 41.9. The number of benzene rings is 1. The van der Waals surface area contributed by atoms with Gasteiger partial charge in [0.15, 0.2) is 0 Å². The number of hydrogen-bond donors (Lipinski definition) is 8. The Hall–Kier alpha value is -0.720. The summed E-state index contributed by atoms with van der Waals surface area (Å²) >= 11 is 6.23. The summed E-state index contributed by atoms with van der Waals surface area (Å²) < 4.78 is 95.6. The van der Waals surface area contributed by atoms with E-state index < -0.39 is 90.8 Å². The van der Waals surface area contributed by atoms with Gasteiger partial charge in [0.1, 0.15) is 42.4 Å². The molecular weight excluding hydrogens is 1280 g/mol. The van der Waals surface area contributed by atoms with Crippen molar-refractivity contribution in [3.63, 3.8) is 0 Å². The molecule has 4 bridgehead atoms. The number of nitrogens with one attached hydrogen (secondary N) is 3. The third-order valence-corrected chi connectivity index (χ3v) is 25.8. The van der Waals surface area contributed by atoms with E-state index in [-0.39, 0.29) is 70.3 Å². The normalized spacial score (nSPS) is 39.1. The van der Waals surface area contributed by atoms with Gasteiger partial charge in [0.05, 0.1) is 77.4 Å². The molecule has 2 amide bonds. The van der Waals surface area contributed by atoms with E-state index in [2.05, 4.69) is 20.5 Å². The van der Waals surface area contributed by atoms with Crippen LogP contribution in [0.4, 0.5) is 0 Å². The summed E-state index contributed by atoms with van der Waals surface area (Å²) in [6, 6.07) is 9.95. The van der Waals surface area contributed by atoms with E-state index in [0.29, 0.717) is 75.5 Å². The molecule has 506 valence electrons. The number of fused-ring (bicyclic) bond motifs is 6. The first-order valence-corrected chi connectivity index (χ1v) is 39.6. The highest BCUT2D eigenvalue weighted by Gasteiger charge is 2.52. The number of rotatable bonds is 13. The number of carbonyl (C=O) groups excluding carboxylic acids is 3. The molecule has 9 unspecified atom stereocenters. The van der Waals surface area contributed by atoms with E-state index in [9.17, 15) is 53.0 Å². The third kappa shape index (κ3) is 24.8. The van der Waals surface area contributed by atoms with E-state index in [4.69, 9.17) is 41.6 Å². The molecule has 0 saturated carbocycles. The Morgan fingerprint density at radius 2 is 1.32 bits per heavy atom. The summed E-state index contributed by atoms with van der Waals surface area (Å²) in [5.41, 5.74) is 1.09. The van der Waals surface area contributed by atoms with Crippen LogP contribution >= 0.6 is 70.5 Å². The Bertz CT molecular complexity index is 2420. The second kappa shape index (κ2) is 38.1. The van der Waals surface area contributed by atoms with Crippen molar-refractivity contribution in [2.24, 2.45) is 11.8 Å². The molecule has 24 nitrogen and oxygen atoms in total. The van der Waals surface area contributed by atoms with E-state index in [0.717, 1.165) is 69.2 Å². The summed E-state index contributed by atoms with van der Waals surface area (Å²) in [6.07, 6.45) is 0.544. The Balaban J connectivity index is 0.000000281. The van der Waals surface area contributed by atoms with Crippen molar-refractivity contribution in [1.29, 1.82) is 0 Å². The SMILES string of the molecule is CC[C@H]1O[C@@H](C)[C@H]2SCC(CCNC)CCNC(=O)CCCCS[C@H]3C(O)[C@@H](COP(=O)(O)OC12)O[C@H]3Cc1ccccc1.COP(=O)(O)OC1[C@H]2COP(=O)(O)OC3[C@@H](CO)O[C@@H](C)[C@H]3SCCCCNC(=O)CCC(CCC(C)=O)CS[C@@H]1[C@H](C)O2. The Morgan fingerprint density at radius 1 is 0.739 bits per heavy atom. The number of hydrogen-bond acceptors (Lipinski definition) is 23. The van der Waals surface area contributed by atoms with Crippen LogP contribution in [0.3, 0.4) is 0 Å². The van der Waals surface area contributed by atoms with Crippen LogP contribution in [0.15, 0.2) is 30.3 Å². The number of phosphoric ester groups is 3. The molecule has 7 rings (SSSR count). The zero-order valence-electron chi connectivity index (χ0n) is 51.8. The first kappa shape index (κ1) is 76.3. The zero-order chi connectivity index (χ0) is 64.0. The van der Waals surface area contributed by atoms with Crippen LogP contribution in [0.1, 0.15) is 117 Å². The van der Waals surface area contributed by atoms with E-state index in [1.807, 2.05) is 51.2 Å². The predicted molar refractivity (Wildman–Crippen MR) is 342 cm³/mol. The van der Waals surface area contributed by atoms with Gasteiger partial charge in [-0.2, -0.15) is 47.0 Å². The fourth-order valence-electron chi connectivity index (χ4n) is 11.6. The minimum Gasteiger partial charge on any atom is -0.394 e.